The minimum absolute atomic E-state index is 0.0165. The number of aromatic nitrogens is 1. The Kier molecular flexibility index (Phi) is 11.8. The van der Waals surface area contributed by atoms with E-state index in [4.69, 9.17) is 4.74 Å². The molecule has 3 aliphatic carbocycles. The monoisotopic (exact) mass is 842 g/mol. The van der Waals surface area contributed by atoms with Gasteiger partial charge in [-0.3, -0.25) is 34.0 Å². The molecule has 2 saturated heterocycles. The number of nitrogens with zero attached hydrogens (tertiary/aromatic N) is 6. The van der Waals surface area contributed by atoms with Crippen LogP contribution >= 0.6 is 0 Å². The van der Waals surface area contributed by atoms with Crippen molar-refractivity contribution >= 4 is 28.8 Å². The molecule has 0 amide bonds. The number of aliphatic hydroxyl groups is 1. The number of likely N-dealkylation sites (tertiary alicyclic amines) is 1. The highest BCUT2D eigenvalue weighted by molar-refractivity contribution is 5.87. The van der Waals surface area contributed by atoms with Crippen LogP contribution in [0.1, 0.15) is 73.4 Å². The number of carbonyl (C=O) groups is 3. The van der Waals surface area contributed by atoms with Gasteiger partial charge in [-0.25, -0.2) is 0 Å². The topological polar surface area (TPSA) is 183 Å². The Hall–Kier alpha value is -4.25. The summed E-state index contributed by atoms with van der Waals surface area (Å²) in [4.78, 5) is 45.4. The molecule has 330 valence electrons. The van der Waals surface area contributed by atoms with Gasteiger partial charge in [0.1, 0.15) is 0 Å². The zero-order chi connectivity index (χ0) is 42.5. The Morgan fingerprint density at radius 3 is 1.92 bits per heavy atom. The van der Waals surface area contributed by atoms with E-state index in [-0.39, 0.29) is 31.4 Å². The van der Waals surface area contributed by atoms with E-state index < -0.39 is 35.0 Å². The largest absolute Gasteiger partial charge is 0.504 e. The molecule has 1 saturated carbocycles. The Morgan fingerprint density at radius 2 is 1.31 bits per heavy atom. The predicted molar refractivity (Wildman–Crippen MR) is 227 cm³/mol. The molecule has 3 aliphatic heterocycles. The minimum atomic E-state index is -1.03. The Morgan fingerprint density at radius 1 is 0.721 bits per heavy atom. The van der Waals surface area contributed by atoms with Crippen molar-refractivity contribution in [3.05, 3.63) is 58.8 Å². The molecule has 0 unspecified atom stereocenters. The van der Waals surface area contributed by atoms with Crippen molar-refractivity contribution in [2.75, 3.05) is 91.6 Å². The van der Waals surface area contributed by atoms with E-state index in [9.17, 15) is 39.9 Å². The molecule has 0 radical (unpaired) electrons. The third kappa shape index (κ3) is 8.02. The number of benzene rings is 2. The van der Waals surface area contributed by atoms with Gasteiger partial charge in [-0.15, -0.1) is 0 Å². The molecule has 4 heterocycles. The van der Waals surface area contributed by atoms with Crippen molar-refractivity contribution in [1.82, 2.24) is 29.1 Å². The summed E-state index contributed by atoms with van der Waals surface area (Å²) in [7, 11) is 0. The van der Waals surface area contributed by atoms with Gasteiger partial charge in [-0.2, -0.15) is 0 Å². The maximum absolute atomic E-state index is 13.3. The van der Waals surface area contributed by atoms with E-state index in [1.807, 2.05) is 9.80 Å². The Balaban J connectivity index is 0.897. The van der Waals surface area contributed by atoms with Crippen LogP contribution in [0.5, 0.6) is 11.5 Å². The number of carboxylic acids is 3. The van der Waals surface area contributed by atoms with Crippen LogP contribution < -0.4 is 4.74 Å². The quantitative estimate of drug-likeness (QED) is 0.141. The number of phenols is 1. The normalized spacial score (nSPS) is 27.5. The number of aromatic hydroxyl groups is 1. The number of carboxylic acid groups (broad SMARTS) is 3. The molecule has 1 spiro atoms. The molecular weight excluding hydrogens is 781 g/mol. The third-order valence-corrected chi connectivity index (χ3v) is 14.9. The summed E-state index contributed by atoms with van der Waals surface area (Å²) in [6.45, 7) is 6.96. The van der Waals surface area contributed by atoms with Crippen LogP contribution in [0.15, 0.2) is 36.4 Å². The van der Waals surface area contributed by atoms with E-state index in [0.717, 1.165) is 81.5 Å². The van der Waals surface area contributed by atoms with Gasteiger partial charge in [0, 0.05) is 94.4 Å². The fraction of sp³-hybridized carbons (Fsp3) is 0.630. The molecule has 3 aromatic rings. The Bertz CT molecular complexity index is 2110. The van der Waals surface area contributed by atoms with E-state index in [2.05, 4.69) is 44.7 Å². The maximum atomic E-state index is 13.3. The van der Waals surface area contributed by atoms with Gasteiger partial charge in [0.05, 0.1) is 36.3 Å². The smallest absolute Gasteiger partial charge is 0.317 e. The number of piperidine rings is 1. The molecule has 9 rings (SSSR count). The predicted octanol–water partition coefficient (Wildman–Crippen LogP) is 3.08. The second kappa shape index (κ2) is 17.1. The number of aliphatic carboxylic acids is 3. The lowest BCUT2D eigenvalue weighted by atomic mass is 9.49. The number of rotatable bonds is 15. The lowest BCUT2D eigenvalue weighted by Gasteiger charge is -2.63. The molecule has 2 aromatic carbocycles. The van der Waals surface area contributed by atoms with Gasteiger partial charge in [0.25, 0.3) is 0 Å². The number of aryl methyl sites for hydroxylation is 1. The molecule has 2 bridgehead atoms. The highest BCUT2D eigenvalue weighted by atomic mass is 16.5. The van der Waals surface area contributed by atoms with E-state index in [0.29, 0.717) is 70.4 Å². The zero-order valence-corrected chi connectivity index (χ0v) is 35.2. The number of ether oxygens (including phenoxy) is 1. The summed E-state index contributed by atoms with van der Waals surface area (Å²) >= 11 is 0. The maximum Gasteiger partial charge on any atom is 0.317 e. The number of hydrogen-bond acceptors (Lipinski definition) is 11. The molecule has 3 fully saturated rings. The summed E-state index contributed by atoms with van der Waals surface area (Å²) < 4.78 is 9.44. The van der Waals surface area contributed by atoms with Gasteiger partial charge >= 0.3 is 17.9 Å². The minimum Gasteiger partial charge on any atom is -0.504 e. The molecule has 4 atom stereocenters. The lowest BCUT2D eigenvalue weighted by molar-refractivity contribution is -0.173. The summed E-state index contributed by atoms with van der Waals surface area (Å²) in [5, 5.41) is 54.5. The van der Waals surface area contributed by atoms with Crippen LogP contribution in [0.2, 0.25) is 0 Å². The highest BCUT2D eigenvalue weighted by Crippen LogP contribution is 2.69. The summed E-state index contributed by atoms with van der Waals surface area (Å²) in [6, 6.07) is 12.4. The number of fused-ring (bicyclic) bond motifs is 4. The second-order valence-corrected chi connectivity index (χ2v) is 18.7. The fourth-order valence-corrected chi connectivity index (χ4v) is 11.9. The van der Waals surface area contributed by atoms with Crippen LogP contribution in [0.3, 0.4) is 0 Å². The van der Waals surface area contributed by atoms with Crippen molar-refractivity contribution in [3.8, 4) is 11.5 Å². The third-order valence-electron chi connectivity index (χ3n) is 14.9. The molecule has 5 N–H and O–H groups in total. The molecule has 61 heavy (non-hydrogen) atoms. The summed E-state index contributed by atoms with van der Waals surface area (Å²) in [5.74, 6) is -1.40. The van der Waals surface area contributed by atoms with Gasteiger partial charge in [0.2, 0.25) is 0 Å². The zero-order valence-electron chi connectivity index (χ0n) is 35.2. The standard InChI is InChI=1S/C46H62N6O9/c53-36-12-11-32-25-37-46(60)26-34-33-7-3-4-8-35(33)52(42(34)44-45(46,41(32)43(36)61-44)13-16-51(37)27-31-9-10-31)15-6-2-1-5-14-47-17-19-48(28-38(54)55)21-23-50(30-40(58)59)24-22-49(20-18-47)29-39(56)57/h3-4,7-8,11-12,31,37,44,53,60H,1-2,5-6,9-10,13-30H2,(H,54,55)(H,56,57)(H,58,59)/t37-,44-,45-,46+/m0/s1. The van der Waals surface area contributed by atoms with Gasteiger partial charge in [0.15, 0.2) is 17.6 Å². The average molecular weight is 843 g/mol. The van der Waals surface area contributed by atoms with Crippen LogP contribution in [0, 0.1) is 5.92 Å². The van der Waals surface area contributed by atoms with E-state index in [1.54, 1.807) is 11.0 Å². The molecular formula is C46H62N6O9. The molecule has 1 aromatic heterocycles. The van der Waals surface area contributed by atoms with Crippen LogP contribution in [0.25, 0.3) is 10.9 Å². The summed E-state index contributed by atoms with van der Waals surface area (Å²) in [5.41, 5.74) is 4.03. The van der Waals surface area contributed by atoms with Crippen LogP contribution in [-0.2, 0) is 39.2 Å². The van der Waals surface area contributed by atoms with Crippen molar-refractivity contribution in [2.45, 2.75) is 87.5 Å². The molecule has 15 nitrogen and oxygen atoms in total. The van der Waals surface area contributed by atoms with Gasteiger partial charge < -0.3 is 39.7 Å². The van der Waals surface area contributed by atoms with Crippen molar-refractivity contribution in [2.24, 2.45) is 5.92 Å². The second-order valence-electron chi connectivity index (χ2n) is 18.7. The highest BCUT2D eigenvalue weighted by Gasteiger charge is 2.73. The van der Waals surface area contributed by atoms with E-state index >= 15 is 0 Å². The van der Waals surface area contributed by atoms with Crippen molar-refractivity contribution in [1.29, 1.82) is 0 Å². The summed E-state index contributed by atoms with van der Waals surface area (Å²) in [6.07, 6.45) is 8.09. The first-order valence-electron chi connectivity index (χ1n) is 22.6. The SMILES string of the molecule is O=C(O)CN1CCN(CCCCCCn2c3c(c4ccccc42)C[C@@]2(O)[C@@H]4Cc5ccc(O)c6c5[C@@]2(CCN4CC2CC2)[C@H]3O6)CCN(CC(=O)O)CCN(CC(=O)O)CC1. The first-order valence-corrected chi connectivity index (χ1v) is 22.6. The molecule has 6 aliphatic rings. The van der Waals surface area contributed by atoms with Crippen LogP contribution in [-0.4, -0.2) is 176 Å². The average Bonchev–Trinajstić information content (AvgIpc) is 3.89. The van der Waals surface area contributed by atoms with Crippen molar-refractivity contribution in [3.63, 3.8) is 0 Å². The number of unbranched alkanes of at least 4 members (excludes halogenated alkanes) is 3. The molecule has 15 heteroatoms. The first-order chi connectivity index (χ1) is 29.4. The Labute approximate surface area is 357 Å². The lowest BCUT2D eigenvalue weighted by Crippen LogP contribution is -2.74. The fourth-order valence-electron chi connectivity index (χ4n) is 11.9. The van der Waals surface area contributed by atoms with Gasteiger partial charge in [-0.1, -0.05) is 37.1 Å². The van der Waals surface area contributed by atoms with Gasteiger partial charge in [-0.05, 0) is 80.8 Å². The van der Waals surface area contributed by atoms with E-state index in [1.165, 1.54) is 29.4 Å². The number of hydrogen-bond donors (Lipinski definition) is 5. The number of phenolic OH excluding ortho intramolecular Hbond substituents is 1. The van der Waals surface area contributed by atoms with Crippen molar-refractivity contribution < 1.29 is 44.7 Å². The van der Waals surface area contributed by atoms with Crippen LogP contribution in [0.4, 0.5) is 0 Å². The number of para-hydroxylation sites is 1. The first kappa shape index (κ1) is 42.1.